The normalized spacial score (nSPS) is 15.9. The van der Waals surface area contributed by atoms with Crippen molar-refractivity contribution in [1.82, 2.24) is 4.31 Å². The molecule has 1 saturated heterocycles. The molecule has 0 N–H and O–H groups in total. The Morgan fingerprint density at radius 3 is 2.15 bits per heavy atom. The number of piperazine rings is 1. The minimum Gasteiger partial charge on any atom is -0.495 e. The van der Waals surface area contributed by atoms with Crippen LogP contribution >= 0.6 is 0 Å². The smallest absolute Gasteiger partial charge is 0.243 e. The first kappa shape index (κ1) is 18.7. The fourth-order valence-corrected chi connectivity index (χ4v) is 5.07. The van der Waals surface area contributed by atoms with Crippen LogP contribution in [0.2, 0.25) is 0 Å². The first-order chi connectivity index (χ1) is 12.3. The molecular weight excluding hydrogens is 348 g/mol. The predicted octanol–water partition coefficient (Wildman–Crippen LogP) is 3.13. The molecule has 2 aromatic carbocycles. The van der Waals surface area contributed by atoms with Crippen molar-refractivity contribution in [3.8, 4) is 5.75 Å². The van der Waals surface area contributed by atoms with Gasteiger partial charge in [-0.05, 0) is 55.7 Å². The van der Waals surface area contributed by atoms with E-state index in [1.54, 1.807) is 17.5 Å². The average Bonchev–Trinajstić information content (AvgIpc) is 2.63. The van der Waals surface area contributed by atoms with Crippen molar-refractivity contribution in [2.24, 2.45) is 0 Å². The van der Waals surface area contributed by atoms with E-state index in [1.165, 1.54) is 0 Å². The lowest BCUT2D eigenvalue weighted by Crippen LogP contribution is -2.48. The molecule has 140 valence electrons. The number of rotatable bonds is 4. The van der Waals surface area contributed by atoms with Crippen LogP contribution in [0.5, 0.6) is 5.75 Å². The van der Waals surface area contributed by atoms with Crippen LogP contribution in [0.3, 0.4) is 0 Å². The fraction of sp³-hybridized carbons (Fsp3) is 0.400. The third-order valence-electron chi connectivity index (χ3n) is 4.88. The molecule has 0 bridgehead atoms. The second-order valence-electron chi connectivity index (χ2n) is 6.84. The molecule has 1 fully saturated rings. The first-order valence-electron chi connectivity index (χ1n) is 8.80. The van der Waals surface area contributed by atoms with E-state index in [2.05, 4.69) is 11.0 Å². The summed E-state index contributed by atoms with van der Waals surface area (Å²) in [5.74, 6) is 0.821. The zero-order chi connectivity index (χ0) is 18.9. The lowest BCUT2D eigenvalue weighted by Gasteiger charge is -2.36. The Morgan fingerprint density at radius 1 is 0.885 bits per heavy atom. The Kier molecular flexibility index (Phi) is 5.25. The molecule has 1 heterocycles. The number of aryl methyl sites for hydroxylation is 3. The monoisotopic (exact) mass is 374 g/mol. The molecule has 0 aromatic heterocycles. The summed E-state index contributed by atoms with van der Waals surface area (Å²) in [4.78, 5) is 2.61. The van der Waals surface area contributed by atoms with Gasteiger partial charge in [0.15, 0.2) is 0 Å². The molecule has 0 saturated carbocycles. The molecule has 2 aromatic rings. The summed E-state index contributed by atoms with van der Waals surface area (Å²) in [5.41, 5.74) is 3.93. The van der Waals surface area contributed by atoms with Crippen LogP contribution in [0.4, 0.5) is 5.69 Å². The minimum absolute atomic E-state index is 0.416. The molecule has 3 rings (SSSR count). The Labute approximate surface area is 156 Å². The highest BCUT2D eigenvalue weighted by atomic mass is 32.2. The second kappa shape index (κ2) is 7.29. The predicted molar refractivity (Wildman–Crippen MR) is 105 cm³/mol. The maximum atomic E-state index is 13.1. The largest absolute Gasteiger partial charge is 0.495 e. The van der Waals surface area contributed by atoms with Gasteiger partial charge in [0, 0.05) is 26.2 Å². The average molecular weight is 375 g/mol. The lowest BCUT2D eigenvalue weighted by molar-refractivity contribution is 0.378. The van der Waals surface area contributed by atoms with Crippen LogP contribution in [-0.4, -0.2) is 46.0 Å². The van der Waals surface area contributed by atoms with Crippen LogP contribution < -0.4 is 9.64 Å². The van der Waals surface area contributed by atoms with Gasteiger partial charge in [0.05, 0.1) is 17.7 Å². The quantitative estimate of drug-likeness (QED) is 0.825. The Morgan fingerprint density at radius 2 is 1.50 bits per heavy atom. The molecule has 0 spiro atoms. The Bertz CT molecular complexity index is 901. The summed E-state index contributed by atoms with van der Waals surface area (Å²) in [7, 11) is -1.81. The topological polar surface area (TPSA) is 49.9 Å². The number of benzene rings is 2. The SMILES string of the molecule is COc1ccc(C)cc1N1CCN(S(=O)(=O)c2cc(C)ccc2C)CC1. The summed E-state index contributed by atoms with van der Waals surface area (Å²) in [6.45, 7) is 8.03. The van der Waals surface area contributed by atoms with Crippen molar-refractivity contribution in [3.63, 3.8) is 0 Å². The van der Waals surface area contributed by atoms with Gasteiger partial charge in [0.25, 0.3) is 0 Å². The van der Waals surface area contributed by atoms with Crippen molar-refractivity contribution in [2.75, 3.05) is 38.2 Å². The molecule has 0 radical (unpaired) electrons. The van der Waals surface area contributed by atoms with E-state index in [-0.39, 0.29) is 0 Å². The highest BCUT2D eigenvalue weighted by molar-refractivity contribution is 7.89. The molecule has 0 amide bonds. The summed E-state index contributed by atoms with van der Waals surface area (Å²) < 4.78 is 33.2. The van der Waals surface area contributed by atoms with E-state index in [4.69, 9.17) is 4.74 Å². The Hall–Kier alpha value is -2.05. The van der Waals surface area contributed by atoms with E-state index >= 15 is 0 Å². The summed E-state index contributed by atoms with van der Waals surface area (Å²) >= 11 is 0. The molecule has 1 aliphatic heterocycles. The number of hydrogen-bond donors (Lipinski definition) is 0. The number of ether oxygens (including phenoxy) is 1. The van der Waals surface area contributed by atoms with Gasteiger partial charge < -0.3 is 9.64 Å². The fourth-order valence-electron chi connectivity index (χ4n) is 3.34. The highest BCUT2D eigenvalue weighted by Crippen LogP contribution is 2.31. The van der Waals surface area contributed by atoms with Gasteiger partial charge in [0.1, 0.15) is 5.75 Å². The molecule has 1 aliphatic rings. The minimum atomic E-state index is -3.47. The zero-order valence-electron chi connectivity index (χ0n) is 15.8. The van der Waals surface area contributed by atoms with Crippen molar-refractivity contribution in [1.29, 1.82) is 0 Å². The molecule has 0 atom stereocenters. The third kappa shape index (κ3) is 3.57. The van der Waals surface area contributed by atoms with Crippen LogP contribution in [0.25, 0.3) is 0 Å². The molecule has 5 nitrogen and oxygen atoms in total. The third-order valence-corrected chi connectivity index (χ3v) is 6.92. The maximum Gasteiger partial charge on any atom is 0.243 e. The molecular formula is C20H26N2O3S. The standard InChI is InChI=1S/C20H26N2O3S/c1-15-6-8-19(25-4)18(13-15)21-9-11-22(12-10-21)26(23,24)20-14-16(2)5-7-17(20)3/h5-8,13-14H,9-12H2,1-4H3. The van der Waals surface area contributed by atoms with Gasteiger partial charge in [-0.2, -0.15) is 4.31 Å². The number of sulfonamides is 1. The van der Waals surface area contributed by atoms with E-state index in [0.29, 0.717) is 31.1 Å². The van der Waals surface area contributed by atoms with Crippen LogP contribution in [0.15, 0.2) is 41.3 Å². The van der Waals surface area contributed by atoms with Gasteiger partial charge in [-0.15, -0.1) is 0 Å². The van der Waals surface area contributed by atoms with Crippen LogP contribution in [0.1, 0.15) is 16.7 Å². The van der Waals surface area contributed by atoms with E-state index in [0.717, 1.165) is 28.1 Å². The summed E-state index contributed by atoms with van der Waals surface area (Å²) in [5, 5.41) is 0. The van der Waals surface area contributed by atoms with Crippen molar-refractivity contribution >= 4 is 15.7 Å². The van der Waals surface area contributed by atoms with Crippen LogP contribution in [0, 0.1) is 20.8 Å². The summed E-state index contributed by atoms with van der Waals surface area (Å²) in [6.07, 6.45) is 0. The number of hydrogen-bond acceptors (Lipinski definition) is 4. The number of anilines is 1. The maximum absolute atomic E-state index is 13.1. The van der Waals surface area contributed by atoms with Crippen molar-refractivity contribution in [2.45, 2.75) is 25.7 Å². The van der Waals surface area contributed by atoms with Gasteiger partial charge in [-0.1, -0.05) is 18.2 Å². The van der Waals surface area contributed by atoms with Crippen molar-refractivity contribution in [3.05, 3.63) is 53.1 Å². The lowest BCUT2D eigenvalue weighted by atomic mass is 10.1. The summed E-state index contributed by atoms with van der Waals surface area (Å²) in [6, 6.07) is 11.6. The number of methoxy groups -OCH3 is 1. The molecule has 0 unspecified atom stereocenters. The van der Waals surface area contributed by atoms with Crippen LogP contribution in [-0.2, 0) is 10.0 Å². The molecule has 0 aliphatic carbocycles. The number of nitrogens with zero attached hydrogens (tertiary/aromatic N) is 2. The highest BCUT2D eigenvalue weighted by Gasteiger charge is 2.30. The molecule has 26 heavy (non-hydrogen) atoms. The Balaban J connectivity index is 1.80. The van der Waals surface area contributed by atoms with E-state index in [9.17, 15) is 8.42 Å². The van der Waals surface area contributed by atoms with Gasteiger partial charge >= 0.3 is 0 Å². The second-order valence-corrected chi connectivity index (χ2v) is 8.74. The van der Waals surface area contributed by atoms with E-state index in [1.807, 2.05) is 45.0 Å². The van der Waals surface area contributed by atoms with Gasteiger partial charge in [-0.25, -0.2) is 8.42 Å². The molecule has 6 heteroatoms. The van der Waals surface area contributed by atoms with E-state index < -0.39 is 10.0 Å². The zero-order valence-corrected chi connectivity index (χ0v) is 16.6. The first-order valence-corrected chi connectivity index (χ1v) is 10.2. The van der Waals surface area contributed by atoms with Gasteiger partial charge in [-0.3, -0.25) is 0 Å². The van der Waals surface area contributed by atoms with Crippen molar-refractivity contribution < 1.29 is 13.2 Å². The van der Waals surface area contributed by atoms with Gasteiger partial charge in [0.2, 0.25) is 10.0 Å².